The van der Waals surface area contributed by atoms with Crippen molar-refractivity contribution in [2.45, 2.75) is 50.7 Å². The topological polar surface area (TPSA) is 55.6 Å². The second-order valence-electron chi connectivity index (χ2n) is 3.96. The highest BCUT2D eigenvalue weighted by atomic mass is 32.2. The third kappa shape index (κ3) is 4.61. The molecule has 1 aromatic rings. The SMILES string of the molecule is CC(C)NCCn1nnnc1SC(C)C. The fourth-order valence-electron chi connectivity index (χ4n) is 1.09. The average molecular weight is 229 g/mol. The van der Waals surface area contributed by atoms with Crippen LogP contribution >= 0.6 is 11.8 Å². The van der Waals surface area contributed by atoms with Crippen molar-refractivity contribution in [2.75, 3.05) is 6.54 Å². The molecule has 1 rings (SSSR count). The van der Waals surface area contributed by atoms with Gasteiger partial charge in [-0.25, -0.2) is 4.68 Å². The highest BCUT2D eigenvalue weighted by Gasteiger charge is 2.08. The van der Waals surface area contributed by atoms with Crippen LogP contribution in [0.25, 0.3) is 0 Å². The van der Waals surface area contributed by atoms with Gasteiger partial charge in [0, 0.05) is 17.8 Å². The van der Waals surface area contributed by atoms with E-state index in [1.807, 2.05) is 4.68 Å². The van der Waals surface area contributed by atoms with E-state index in [2.05, 4.69) is 48.5 Å². The summed E-state index contributed by atoms with van der Waals surface area (Å²) in [6, 6.07) is 0.502. The van der Waals surface area contributed by atoms with Crippen LogP contribution in [0.3, 0.4) is 0 Å². The van der Waals surface area contributed by atoms with Crippen molar-refractivity contribution in [3.63, 3.8) is 0 Å². The number of hydrogen-bond acceptors (Lipinski definition) is 5. The highest BCUT2D eigenvalue weighted by molar-refractivity contribution is 7.99. The highest BCUT2D eigenvalue weighted by Crippen LogP contribution is 2.18. The minimum atomic E-state index is 0.502. The zero-order chi connectivity index (χ0) is 11.3. The monoisotopic (exact) mass is 229 g/mol. The Morgan fingerprint density at radius 1 is 1.33 bits per heavy atom. The largest absolute Gasteiger partial charge is 0.313 e. The minimum absolute atomic E-state index is 0.502. The second-order valence-corrected chi connectivity index (χ2v) is 5.50. The van der Waals surface area contributed by atoms with Crippen LogP contribution in [0.4, 0.5) is 0 Å². The standard InChI is InChI=1S/C9H19N5S/c1-7(2)10-5-6-14-9(11-12-13-14)15-8(3)4/h7-8,10H,5-6H2,1-4H3. The molecule has 1 heterocycles. The van der Waals surface area contributed by atoms with Crippen molar-refractivity contribution in [3.8, 4) is 0 Å². The molecular formula is C9H19N5S. The van der Waals surface area contributed by atoms with Crippen molar-refractivity contribution in [1.29, 1.82) is 0 Å². The summed E-state index contributed by atoms with van der Waals surface area (Å²) < 4.78 is 1.85. The summed E-state index contributed by atoms with van der Waals surface area (Å²) in [5.74, 6) is 0. The van der Waals surface area contributed by atoms with Crippen molar-refractivity contribution in [3.05, 3.63) is 0 Å². The molecule has 1 N–H and O–H groups in total. The Hall–Kier alpha value is -0.620. The van der Waals surface area contributed by atoms with Gasteiger partial charge in [-0.1, -0.05) is 39.5 Å². The summed E-state index contributed by atoms with van der Waals surface area (Å²) in [5, 5.41) is 16.4. The molecule has 6 heteroatoms. The molecule has 15 heavy (non-hydrogen) atoms. The van der Waals surface area contributed by atoms with Gasteiger partial charge in [-0.3, -0.25) is 0 Å². The van der Waals surface area contributed by atoms with Gasteiger partial charge in [0.2, 0.25) is 5.16 Å². The third-order valence-electron chi connectivity index (χ3n) is 1.72. The maximum atomic E-state index is 3.99. The second kappa shape index (κ2) is 6.07. The normalized spacial score (nSPS) is 11.6. The fourth-order valence-corrected chi connectivity index (χ4v) is 1.85. The van der Waals surface area contributed by atoms with Gasteiger partial charge in [-0.05, 0) is 10.4 Å². The Morgan fingerprint density at radius 3 is 2.67 bits per heavy atom. The minimum Gasteiger partial charge on any atom is -0.313 e. The van der Waals surface area contributed by atoms with E-state index in [9.17, 15) is 0 Å². The van der Waals surface area contributed by atoms with E-state index in [1.54, 1.807) is 11.8 Å². The first kappa shape index (κ1) is 12.4. The molecule has 5 nitrogen and oxygen atoms in total. The first-order valence-corrected chi connectivity index (χ1v) is 6.13. The van der Waals surface area contributed by atoms with Crippen molar-refractivity contribution in [2.24, 2.45) is 0 Å². The lowest BCUT2D eigenvalue weighted by atomic mass is 10.4. The Bertz CT molecular complexity index is 284. The van der Waals surface area contributed by atoms with Crippen LogP contribution in [-0.4, -0.2) is 38.0 Å². The van der Waals surface area contributed by atoms with E-state index >= 15 is 0 Å². The van der Waals surface area contributed by atoms with Gasteiger partial charge in [0.15, 0.2) is 0 Å². The van der Waals surface area contributed by atoms with E-state index < -0.39 is 0 Å². The first-order valence-electron chi connectivity index (χ1n) is 5.25. The molecule has 0 atom stereocenters. The molecule has 0 bridgehead atoms. The molecule has 0 aliphatic heterocycles. The molecule has 0 saturated heterocycles. The third-order valence-corrected chi connectivity index (χ3v) is 2.69. The van der Waals surface area contributed by atoms with Crippen LogP contribution in [0.2, 0.25) is 0 Å². The maximum Gasteiger partial charge on any atom is 0.209 e. The van der Waals surface area contributed by atoms with Crippen molar-refractivity contribution >= 4 is 11.8 Å². The van der Waals surface area contributed by atoms with E-state index in [-0.39, 0.29) is 0 Å². The summed E-state index contributed by atoms with van der Waals surface area (Å²) in [6.45, 7) is 10.2. The Kier molecular flexibility index (Phi) is 5.04. The van der Waals surface area contributed by atoms with Gasteiger partial charge in [0.1, 0.15) is 0 Å². The molecule has 0 aliphatic rings. The Morgan fingerprint density at radius 2 is 2.07 bits per heavy atom. The molecule has 0 spiro atoms. The molecule has 0 amide bonds. The van der Waals surface area contributed by atoms with Gasteiger partial charge in [0.05, 0.1) is 6.54 Å². The number of thioether (sulfide) groups is 1. The van der Waals surface area contributed by atoms with Crippen LogP contribution < -0.4 is 5.32 Å². The molecule has 0 aromatic carbocycles. The predicted molar refractivity (Wildman–Crippen MR) is 61.9 cm³/mol. The van der Waals surface area contributed by atoms with Crippen molar-refractivity contribution < 1.29 is 0 Å². The zero-order valence-corrected chi connectivity index (χ0v) is 10.6. The maximum absolute atomic E-state index is 3.99. The van der Waals surface area contributed by atoms with E-state index in [0.717, 1.165) is 18.2 Å². The smallest absolute Gasteiger partial charge is 0.209 e. The molecule has 86 valence electrons. The summed E-state index contributed by atoms with van der Waals surface area (Å²) in [7, 11) is 0. The zero-order valence-electron chi connectivity index (χ0n) is 9.77. The first-order chi connectivity index (χ1) is 7.09. The number of rotatable bonds is 6. The van der Waals surface area contributed by atoms with Crippen LogP contribution in [0.5, 0.6) is 0 Å². The predicted octanol–water partition coefficient (Wildman–Crippen LogP) is 1.17. The number of hydrogen-bond donors (Lipinski definition) is 1. The Balaban J connectivity index is 2.43. The lowest BCUT2D eigenvalue weighted by molar-refractivity contribution is 0.485. The van der Waals surface area contributed by atoms with E-state index in [4.69, 9.17) is 0 Å². The lowest BCUT2D eigenvalue weighted by Crippen LogP contribution is -2.27. The van der Waals surface area contributed by atoms with Gasteiger partial charge >= 0.3 is 0 Å². The molecular weight excluding hydrogens is 210 g/mol. The molecule has 0 aliphatic carbocycles. The quantitative estimate of drug-likeness (QED) is 0.742. The molecule has 1 aromatic heterocycles. The number of aromatic nitrogens is 4. The summed E-state index contributed by atoms with van der Waals surface area (Å²) in [4.78, 5) is 0. The van der Waals surface area contributed by atoms with Crippen LogP contribution in [0.1, 0.15) is 27.7 Å². The molecule has 0 saturated carbocycles. The Labute approximate surface area is 95.0 Å². The fraction of sp³-hybridized carbons (Fsp3) is 0.889. The average Bonchev–Trinajstić information content (AvgIpc) is 2.51. The van der Waals surface area contributed by atoms with Crippen LogP contribution in [-0.2, 0) is 6.54 Å². The lowest BCUT2D eigenvalue weighted by Gasteiger charge is -2.09. The van der Waals surface area contributed by atoms with Crippen molar-refractivity contribution in [1.82, 2.24) is 25.5 Å². The molecule has 0 unspecified atom stereocenters. The number of tetrazole rings is 1. The number of nitrogens with one attached hydrogen (secondary N) is 1. The van der Waals surface area contributed by atoms with Gasteiger partial charge < -0.3 is 5.32 Å². The van der Waals surface area contributed by atoms with Gasteiger partial charge in [0.25, 0.3) is 0 Å². The summed E-state index contributed by atoms with van der Waals surface area (Å²) in [6.07, 6.45) is 0. The molecule has 0 fully saturated rings. The number of nitrogens with zero attached hydrogens (tertiary/aromatic N) is 4. The van der Waals surface area contributed by atoms with E-state index in [1.165, 1.54) is 0 Å². The van der Waals surface area contributed by atoms with Gasteiger partial charge in [-0.2, -0.15) is 0 Å². The summed E-state index contributed by atoms with van der Waals surface area (Å²) >= 11 is 1.69. The van der Waals surface area contributed by atoms with E-state index in [0.29, 0.717) is 11.3 Å². The van der Waals surface area contributed by atoms with Crippen LogP contribution in [0, 0.1) is 0 Å². The molecule has 0 radical (unpaired) electrons. The van der Waals surface area contributed by atoms with Crippen LogP contribution in [0.15, 0.2) is 5.16 Å². The van der Waals surface area contributed by atoms with Gasteiger partial charge in [-0.15, -0.1) is 5.10 Å². The summed E-state index contributed by atoms with van der Waals surface area (Å²) in [5.41, 5.74) is 0.